The molecule has 38 heavy (non-hydrogen) atoms. The number of aromatic nitrogens is 2. The Morgan fingerprint density at radius 1 is 1.13 bits per heavy atom. The van der Waals surface area contributed by atoms with Gasteiger partial charge >= 0.3 is 0 Å². The van der Waals surface area contributed by atoms with E-state index in [0.29, 0.717) is 36.9 Å². The maximum atomic E-state index is 9.75. The van der Waals surface area contributed by atoms with Gasteiger partial charge in [-0.15, -0.1) is 0 Å². The molecule has 204 valence electrons. The second-order valence-electron chi connectivity index (χ2n) is 11.5. The van der Waals surface area contributed by atoms with Crippen molar-refractivity contribution in [2.24, 2.45) is 5.41 Å². The van der Waals surface area contributed by atoms with Crippen molar-refractivity contribution in [3.05, 3.63) is 35.5 Å². The number of hydrogen-bond acceptors (Lipinski definition) is 8. The predicted molar refractivity (Wildman–Crippen MR) is 150 cm³/mol. The normalized spacial score (nSPS) is 25.3. The fourth-order valence-corrected chi connectivity index (χ4v) is 6.11. The number of rotatable bonds is 7. The van der Waals surface area contributed by atoms with Crippen molar-refractivity contribution in [1.82, 2.24) is 14.9 Å². The molecule has 2 aromatic heterocycles. The first-order chi connectivity index (χ1) is 18.3. The van der Waals surface area contributed by atoms with Crippen molar-refractivity contribution in [3.63, 3.8) is 0 Å². The zero-order valence-corrected chi connectivity index (χ0v) is 23.3. The third-order valence-electron chi connectivity index (χ3n) is 8.20. The number of nitriles is 1. The van der Waals surface area contributed by atoms with Crippen LogP contribution in [0.2, 0.25) is 5.02 Å². The van der Waals surface area contributed by atoms with Crippen molar-refractivity contribution in [2.45, 2.75) is 70.1 Å². The van der Waals surface area contributed by atoms with Gasteiger partial charge in [-0.25, -0.2) is 9.97 Å². The molecule has 2 aliphatic heterocycles. The molecule has 0 bridgehead atoms. The molecule has 0 amide bonds. The van der Waals surface area contributed by atoms with E-state index < -0.39 is 5.41 Å². The van der Waals surface area contributed by atoms with Crippen molar-refractivity contribution < 1.29 is 9.47 Å². The number of hydrogen-bond donors (Lipinski definition) is 2. The average Bonchev–Trinajstić information content (AvgIpc) is 2.93. The third kappa shape index (κ3) is 6.58. The monoisotopic (exact) mass is 538 g/mol. The average molecular weight is 539 g/mol. The lowest BCUT2D eigenvalue weighted by Gasteiger charge is -2.44. The predicted octanol–water partition coefficient (Wildman–Crippen LogP) is 5.36. The standard InChI is InChI=1S/C29H39ClN6O2/c1-28(2)20-36(12-15-38-28)22-8-6-21(7-9-22)34-27-16-23(24(30)17-32-27)25-4-3-5-26(35-25)33-19-29(18-31)10-13-37-14-11-29/h3-5,16-17,21-22H,6-15,19-20H2,1-2H3,(H,32,34)(H,33,35). The Kier molecular flexibility index (Phi) is 8.39. The van der Waals surface area contributed by atoms with Crippen LogP contribution in [0, 0.1) is 16.7 Å². The summed E-state index contributed by atoms with van der Waals surface area (Å²) in [6.45, 7) is 9.02. The number of ether oxygens (including phenoxy) is 2. The van der Waals surface area contributed by atoms with E-state index in [-0.39, 0.29) is 5.60 Å². The smallest absolute Gasteiger partial charge is 0.126 e. The summed E-state index contributed by atoms with van der Waals surface area (Å²) in [7, 11) is 0. The van der Waals surface area contributed by atoms with Gasteiger partial charge in [-0.1, -0.05) is 17.7 Å². The molecule has 5 rings (SSSR count). The third-order valence-corrected chi connectivity index (χ3v) is 8.50. The molecular formula is C29H39ClN6O2. The van der Waals surface area contributed by atoms with Crippen molar-refractivity contribution >= 4 is 23.2 Å². The number of morpholine rings is 1. The van der Waals surface area contributed by atoms with Gasteiger partial charge in [0.15, 0.2) is 0 Å². The van der Waals surface area contributed by atoms with Gasteiger partial charge in [0.25, 0.3) is 0 Å². The van der Waals surface area contributed by atoms with Crippen molar-refractivity contribution in [3.8, 4) is 17.3 Å². The van der Waals surface area contributed by atoms with E-state index >= 15 is 0 Å². The summed E-state index contributed by atoms with van der Waals surface area (Å²) in [5.41, 5.74) is 1.15. The largest absolute Gasteiger partial charge is 0.381 e. The van der Waals surface area contributed by atoms with Crippen LogP contribution in [0.4, 0.5) is 11.6 Å². The molecule has 0 atom stereocenters. The van der Waals surface area contributed by atoms with E-state index in [1.54, 1.807) is 6.20 Å². The molecule has 0 spiro atoms. The van der Waals surface area contributed by atoms with Crippen LogP contribution in [0.15, 0.2) is 30.5 Å². The lowest BCUT2D eigenvalue weighted by Crippen LogP contribution is -2.53. The minimum absolute atomic E-state index is 0.0557. The van der Waals surface area contributed by atoms with Crippen LogP contribution in [-0.2, 0) is 9.47 Å². The Hall–Kier alpha value is -2.44. The first-order valence-electron chi connectivity index (χ1n) is 13.9. The van der Waals surface area contributed by atoms with Crippen LogP contribution in [0.25, 0.3) is 11.3 Å². The first-order valence-corrected chi connectivity index (χ1v) is 14.2. The highest BCUT2D eigenvalue weighted by Crippen LogP contribution is 2.33. The molecule has 4 heterocycles. The number of anilines is 2. The minimum atomic E-state index is -0.418. The molecule has 2 N–H and O–H groups in total. The summed E-state index contributed by atoms with van der Waals surface area (Å²) in [5.74, 6) is 1.56. The van der Waals surface area contributed by atoms with Crippen molar-refractivity contribution in [1.29, 1.82) is 5.26 Å². The van der Waals surface area contributed by atoms with Crippen LogP contribution in [0.3, 0.4) is 0 Å². The molecule has 0 unspecified atom stereocenters. The molecule has 9 heteroatoms. The zero-order valence-electron chi connectivity index (χ0n) is 22.5. The summed E-state index contributed by atoms with van der Waals surface area (Å²) < 4.78 is 11.3. The molecule has 2 saturated heterocycles. The second-order valence-corrected chi connectivity index (χ2v) is 12.0. The molecule has 3 fully saturated rings. The molecule has 2 aromatic rings. The minimum Gasteiger partial charge on any atom is -0.381 e. The summed E-state index contributed by atoms with van der Waals surface area (Å²) in [6.07, 6.45) is 7.76. The molecule has 3 aliphatic rings. The Morgan fingerprint density at radius 2 is 1.92 bits per heavy atom. The molecule has 1 saturated carbocycles. The highest BCUT2D eigenvalue weighted by molar-refractivity contribution is 6.33. The quantitative estimate of drug-likeness (QED) is 0.486. The molecule has 8 nitrogen and oxygen atoms in total. The van der Waals surface area contributed by atoms with E-state index in [9.17, 15) is 5.26 Å². The van der Waals surface area contributed by atoms with E-state index in [0.717, 1.165) is 68.3 Å². The summed E-state index contributed by atoms with van der Waals surface area (Å²) in [6, 6.07) is 11.4. The van der Waals surface area contributed by atoms with Crippen LogP contribution in [0.5, 0.6) is 0 Å². The number of pyridine rings is 2. The van der Waals surface area contributed by atoms with Gasteiger partial charge in [0.05, 0.1) is 34.4 Å². The number of nitrogens with one attached hydrogen (secondary N) is 2. The highest BCUT2D eigenvalue weighted by Gasteiger charge is 2.34. The topological polar surface area (TPSA) is 95.3 Å². The molecule has 1 aliphatic carbocycles. The van der Waals surface area contributed by atoms with Gasteiger partial charge in [0.1, 0.15) is 11.6 Å². The summed E-state index contributed by atoms with van der Waals surface area (Å²) in [5, 5.41) is 17.3. The van der Waals surface area contributed by atoms with Gasteiger partial charge in [0.2, 0.25) is 0 Å². The van der Waals surface area contributed by atoms with Gasteiger partial charge in [-0.2, -0.15) is 5.26 Å². The van der Waals surface area contributed by atoms with E-state index in [1.165, 1.54) is 12.8 Å². The van der Waals surface area contributed by atoms with E-state index in [4.69, 9.17) is 26.1 Å². The first kappa shape index (κ1) is 27.1. The maximum absolute atomic E-state index is 9.75. The lowest BCUT2D eigenvalue weighted by molar-refractivity contribution is -0.100. The Bertz CT molecular complexity index is 1140. The fraction of sp³-hybridized carbons (Fsp3) is 0.621. The van der Waals surface area contributed by atoms with Crippen LogP contribution >= 0.6 is 11.6 Å². The summed E-state index contributed by atoms with van der Waals surface area (Å²) >= 11 is 6.57. The van der Waals surface area contributed by atoms with E-state index in [1.807, 2.05) is 24.3 Å². The van der Waals surface area contributed by atoms with Crippen molar-refractivity contribution in [2.75, 3.05) is 50.1 Å². The van der Waals surface area contributed by atoms with Gasteiger partial charge in [0, 0.05) is 56.7 Å². The molecule has 0 aromatic carbocycles. The maximum Gasteiger partial charge on any atom is 0.126 e. The second kappa shape index (κ2) is 11.7. The van der Waals surface area contributed by atoms with Crippen LogP contribution in [0.1, 0.15) is 52.4 Å². The van der Waals surface area contributed by atoms with Gasteiger partial charge in [-0.3, -0.25) is 4.90 Å². The number of halogens is 1. The Labute approximate surface area is 231 Å². The zero-order chi connectivity index (χ0) is 26.6. The van der Waals surface area contributed by atoms with E-state index in [2.05, 4.69) is 40.4 Å². The Morgan fingerprint density at radius 3 is 2.66 bits per heavy atom. The molecule has 0 radical (unpaired) electrons. The van der Waals surface area contributed by atoms with Gasteiger partial charge < -0.3 is 20.1 Å². The highest BCUT2D eigenvalue weighted by atomic mass is 35.5. The van der Waals surface area contributed by atoms with Crippen LogP contribution in [-0.4, -0.2) is 72.0 Å². The number of nitrogens with zero attached hydrogens (tertiary/aromatic N) is 4. The Balaban J connectivity index is 1.20. The SMILES string of the molecule is CC1(C)CN(C2CCC(Nc3cc(-c4cccc(NCC5(C#N)CCOCC5)n4)c(Cl)cn3)CC2)CCO1. The van der Waals surface area contributed by atoms with Crippen LogP contribution < -0.4 is 10.6 Å². The lowest BCUT2D eigenvalue weighted by atomic mass is 9.82. The van der Waals surface area contributed by atoms with Gasteiger partial charge in [-0.05, 0) is 70.6 Å². The summed E-state index contributed by atoms with van der Waals surface area (Å²) in [4.78, 5) is 12.0. The molecular weight excluding hydrogens is 500 g/mol. The fourth-order valence-electron chi connectivity index (χ4n) is 5.91.